The van der Waals surface area contributed by atoms with Gasteiger partial charge in [0.05, 0.1) is 29.7 Å². The van der Waals surface area contributed by atoms with E-state index >= 15 is 0 Å². The first kappa shape index (κ1) is 23.2. The van der Waals surface area contributed by atoms with Gasteiger partial charge < -0.3 is 26.8 Å². The van der Waals surface area contributed by atoms with Crippen LogP contribution in [0.3, 0.4) is 0 Å². The molecule has 0 saturated heterocycles. The number of aromatic nitrogens is 2. The zero-order valence-electron chi connectivity index (χ0n) is 19.5. The molecule has 33 heavy (non-hydrogen) atoms. The molecule has 6 N–H and O–H groups in total. The van der Waals surface area contributed by atoms with Crippen molar-refractivity contribution in [1.82, 2.24) is 15.3 Å². The highest BCUT2D eigenvalue weighted by molar-refractivity contribution is 5.96. The average Bonchev–Trinajstić information content (AvgIpc) is 2.80. The maximum absolute atomic E-state index is 13.2. The van der Waals surface area contributed by atoms with Crippen LogP contribution in [0.5, 0.6) is 0 Å². The van der Waals surface area contributed by atoms with Crippen molar-refractivity contribution in [1.29, 1.82) is 0 Å². The average molecular weight is 454 g/mol. The number of aryl methyl sites for hydroxylation is 1. The zero-order chi connectivity index (χ0) is 23.4. The number of methoxy groups -OCH3 is 1. The van der Waals surface area contributed by atoms with Gasteiger partial charge in [-0.2, -0.15) is 0 Å². The second-order valence-corrected chi connectivity index (χ2v) is 9.21. The summed E-state index contributed by atoms with van der Waals surface area (Å²) in [6.07, 6.45) is 8.05. The molecule has 1 heterocycles. The number of hydrogen-bond acceptors (Lipinski definition) is 6. The van der Waals surface area contributed by atoms with Crippen molar-refractivity contribution in [2.45, 2.75) is 82.5 Å². The number of anilines is 1. The predicted octanol–water partition coefficient (Wildman–Crippen LogP) is 2.62. The molecule has 1 aromatic carbocycles. The molecule has 0 unspecified atom stereocenters. The van der Waals surface area contributed by atoms with Gasteiger partial charge in [-0.05, 0) is 44.7 Å². The molecule has 0 aliphatic heterocycles. The third kappa shape index (κ3) is 5.52. The van der Waals surface area contributed by atoms with Gasteiger partial charge in [0.15, 0.2) is 5.96 Å². The number of benzene rings is 1. The van der Waals surface area contributed by atoms with E-state index < -0.39 is 0 Å². The first-order valence-electron chi connectivity index (χ1n) is 11.9. The number of carbonyl (C=O) groups excluding carboxylic acids is 1. The van der Waals surface area contributed by atoms with Crippen LogP contribution < -0.4 is 22.1 Å². The number of amides is 1. The summed E-state index contributed by atoms with van der Waals surface area (Å²) >= 11 is 0. The van der Waals surface area contributed by atoms with Crippen molar-refractivity contribution in [2.75, 3.05) is 12.4 Å². The summed E-state index contributed by atoms with van der Waals surface area (Å²) in [5.41, 5.74) is 13.2. The van der Waals surface area contributed by atoms with E-state index in [1.54, 1.807) is 7.11 Å². The Morgan fingerprint density at radius 1 is 1.06 bits per heavy atom. The molecular weight excluding hydrogens is 418 g/mol. The Morgan fingerprint density at radius 2 is 1.79 bits per heavy atom. The molecule has 9 nitrogen and oxygen atoms in total. The molecule has 0 spiro atoms. The summed E-state index contributed by atoms with van der Waals surface area (Å²) < 4.78 is 5.59. The van der Waals surface area contributed by atoms with Crippen LogP contribution >= 0.6 is 0 Å². The largest absolute Gasteiger partial charge is 0.379 e. The SMILES string of the molecule is CO[C@H]1CCCC[C@@H]1NC(=O)c1nc(N[C@H]2CCCC[C@H]2N=C(N)N)c2cc(C)ccc2n1. The standard InChI is InChI=1S/C24H35N7O2/c1-14-11-12-16-15(13-14)21(28-17-7-3-4-8-18(17)30-24(25)26)31-22(27-16)23(32)29-19-9-5-6-10-20(19)33-2/h11-13,17-20H,3-10H2,1-2H3,(H,29,32)(H4,25,26,30)(H,27,28,31)/t17-,18+,19-,20-/m0/s1. The quantitative estimate of drug-likeness (QED) is 0.389. The predicted molar refractivity (Wildman–Crippen MR) is 130 cm³/mol. The molecule has 1 aromatic heterocycles. The van der Waals surface area contributed by atoms with Crippen molar-refractivity contribution in [3.8, 4) is 0 Å². The van der Waals surface area contributed by atoms with Gasteiger partial charge in [-0.3, -0.25) is 4.79 Å². The van der Waals surface area contributed by atoms with Crippen LogP contribution in [0.1, 0.15) is 67.5 Å². The number of aliphatic imine (C=N–C) groups is 1. The molecule has 2 aliphatic rings. The molecule has 178 valence electrons. The molecule has 4 atom stereocenters. The van der Waals surface area contributed by atoms with Gasteiger partial charge in [-0.1, -0.05) is 37.3 Å². The van der Waals surface area contributed by atoms with Crippen molar-refractivity contribution in [2.24, 2.45) is 16.5 Å². The van der Waals surface area contributed by atoms with Gasteiger partial charge in [0.2, 0.25) is 5.82 Å². The lowest BCUT2D eigenvalue weighted by Crippen LogP contribution is -2.46. The summed E-state index contributed by atoms with van der Waals surface area (Å²) in [7, 11) is 1.70. The maximum Gasteiger partial charge on any atom is 0.289 e. The third-order valence-corrected chi connectivity index (χ3v) is 6.74. The van der Waals surface area contributed by atoms with Gasteiger partial charge in [-0.15, -0.1) is 0 Å². The second kappa shape index (κ2) is 10.3. The second-order valence-electron chi connectivity index (χ2n) is 9.21. The first-order chi connectivity index (χ1) is 15.9. The van der Waals surface area contributed by atoms with E-state index in [4.69, 9.17) is 16.2 Å². The third-order valence-electron chi connectivity index (χ3n) is 6.74. The van der Waals surface area contributed by atoms with Gasteiger partial charge in [-0.25, -0.2) is 15.0 Å². The number of rotatable bonds is 6. The lowest BCUT2D eigenvalue weighted by atomic mass is 9.90. The molecule has 2 aliphatic carbocycles. The fraction of sp³-hybridized carbons (Fsp3) is 0.583. The Bertz CT molecular complexity index is 1020. The summed E-state index contributed by atoms with van der Waals surface area (Å²) in [5.74, 6) is 0.614. The van der Waals surface area contributed by atoms with Crippen LogP contribution in [0.2, 0.25) is 0 Å². The molecule has 0 radical (unpaired) electrons. The molecular formula is C24H35N7O2. The molecule has 2 aromatic rings. The van der Waals surface area contributed by atoms with Gasteiger partial charge in [0, 0.05) is 12.5 Å². The molecule has 2 saturated carbocycles. The Balaban J connectivity index is 1.64. The molecule has 2 fully saturated rings. The number of carbonyl (C=O) groups is 1. The fourth-order valence-electron chi connectivity index (χ4n) is 5.03. The van der Waals surface area contributed by atoms with Crippen molar-refractivity contribution in [3.63, 3.8) is 0 Å². The minimum absolute atomic E-state index is 0.0194. The van der Waals surface area contributed by atoms with E-state index in [9.17, 15) is 4.79 Å². The first-order valence-corrected chi connectivity index (χ1v) is 11.9. The number of guanidine groups is 1. The molecule has 4 rings (SSSR count). The smallest absolute Gasteiger partial charge is 0.289 e. The van der Waals surface area contributed by atoms with E-state index in [2.05, 4.69) is 25.6 Å². The van der Waals surface area contributed by atoms with Gasteiger partial charge >= 0.3 is 0 Å². The van der Waals surface area contributed by atoms with Crippen LogP contribution in [0, 0.1) is 6.92 Å². The van der Waals surface area contributed by atoms with Gasteiger partial charge in [0.25, 0.3) is 5.91 Å². The Hall–Kier alpha value is -2.94. The monoisotopic (exact) mass is 453 g/mol. The number of ether oxygens (including phenoxy) is 1. The van der Waals surface area contributed by atoms with Crippen LogP contribution in [0.15, 0.2) is 23.2 Å². The lowest BCUT2D eigenvalue weighted by molar-refractivity contribution is 0.0390. The molecule has 0 bridgehead atoms. The Morgan fingerprint density at radius 3 is 2.55 bits per heavy atom. The highest BCUT2D eigenvalue weighted by atomic mass is 16.5. The Kier molecular flexibility index (Phi) is 7.27. The summed E-state index contributed by atoms with van der Waals surface area (Å²) in [6.45, 7) is 2.03. The summed E-state index contributed by atoms with van der Waals surface area (Å²) in [4.78, 5) is 26.9. The molecule has 1 amide bonds. The summed E-state index contributed by atoms with van der Waals surface area (Å²) in [5, 5.41) is 7.54. The number of nitrogens with two attached hydrogens (primary N) is 2. The topological polar surface area (TPSA) is 141 Å². The van der Waals surface area contributed by atoms with Crippen LogP contribution in [0.4, 0.5) is 5.82 Å². The number of hydrogen-bond donors (Lipinski definition) is 4. The van der Waals surface area contributed by atoms with E-state index in [0.29, 0.717) is 5.82 Å². The fourth-order valence-corrected chi connectivity index (χ4v) is 5.03. The van der Waals surface area contributed by atoms with Crippen molar-refractivity contribution in [3.05, 3.63) is 29.6 Å². The number of nitrogens with zero attached hydrogens (tertiary/aromatic N) is 3. The van der Waals surface area contributed by atoms with Crippen LogP contribution in [-0.2, 0) is 4.74 Å². The van der Waals surface area contributed by atoms with E-state index in [1.807, 2.05) is 25.1 Å². The highest BCUT2D eigenvalue weighted by Crippen LogP contribution is 2.28. The zero-order valence-corrected chi connectivity index (χ0v) is 19.5. The van der Waals surface area contributed by atoms with E-state index in [0.717, 1.165) is 67.8 Å². The normalized spacial score (nSPS) is 25.4. The van der Waals surface area contributed by atoms with E-state index in [1.165, 1.54) is 0 Å². The number of fused-ring (bicyclic) bond motifs is 1. The number of nitrogens with one attached hydrogen (secondary N) is 2. The summed E-state index contributed by atoms with van der Waals surface area (Å²) in [6, 6.07) is 5.94. The van der Waals surface area contributed by atoms with Gasteiger partial charge in [0.1, 0.15) is 5.82 Å². The highest BCUT2D eigenvalue weighted by Gasteiger charge is 2.29. The molecule has 9 heteroatoms. The van der Waals surface area contributed by atoms with Crippen LogP contribution in [0.25, 0.3) is 10.9 Å². The van der Waals surface area contributed by atoms with E-state index in [-0.39, 0.29) is 41.9 Å². The maximum atomic E-state index is 13.2. The Labute approximate surface area is 194 Å². The minimum atomic E-state index is -0.279. The van der Waals surface area contributed by atoms with Crippen molar-refractivity contribution >= 4 is 28.6 Å². The lowest BCUT2D eigenvalue weighted by Gasteiger charge is -2.31. The minimum Gasteiger partial charge on any atom is -0.379 e. The van der Waals surface area contributed by atoms with Crippen molar-refractivity contribution < 1.29 is 9.53 Å². The van der Waals surface area contributed by atoms with Crippen LogP contribution in [-0.4, -0.2) is 53.2 Å².